The lowest BCUT2D eigenvalue weighted by Gasteiger charge is -2.20. The van der Waals surface area contributed by atoms with E-state index in [9.17, 15) is 0 Å². The zero-order chi connectivity index (χ0) is 14.4. The lowest BCUT2D eigenvalue weighted by molar-refractivity contribution is 0.524. The largest absolute Gasteiger partial charge is 0.310 e. The Morgan fingerprint density at radius 3 is 2.65 bits per heavy atom. The van der Waals surface area contributed by atoms with E-state index in [0.29, 0.717) is 0 Å². The van der Waals surface area contributed by atoms with Crippen molar-refractivity contribution in [3.63, 3.8) is 0 Å². The first-order valence-corrected chi connectivity index (χ1v) is 7.48. The van der Waals surface area contributed by atoms with Crippen LogP contribution in [0, 0.1) is 6.92 Å². The van der Waals surface area contributed by atoms with Gasteiger partial charge in [0.25, 0.3) is 0 Å². The lowest BCUT2D eigenvalue weighted by Crippen LogP contribution is -2.24. The number of aryl methyl sites for hydroxylation is 1. The monoisotopic (exact) mass is 288 g/mol. The molecule has 0 amide bonds. The van der Waals surface area contributed by atoms with Crippen LogP contribution >= 0.6 is 11.6 Å². The van der Waals surface area contributed by atoms with Crippen molar-refractivity contribution in [2.24, 2.45) is 0 Å². The molecule has 0 aliphatic rings. The van der Waals surface area contributed by atoms with E-state index < -0.39 is 0 Å². The molecule has 3 heteroatoms. The van der Waals surface area contributed by atoms with E-state index in [-0.39, 0.29) is 6.04 Å². The van der Waals surface area contributed by atoms with Crippen molar-refractivity contribution < 1.29 is 0 Å². The number of nitrogens with zero attached hydrogens (tertiary/aromatic N) is 1. The van der Waals surface area contributed by atoms with E-state index >= 15 is 0 Å². The third-order valence-electron chi connectivity index (χ3n) is 3.31. The molecular formula is C17H21ClN2. The number of hydrogen-bond donors (Lipinski definition) is 1. The van der Waals surface area contributed by atoms with Crippen LogP contribution in [-0.4, -0.2) is 11.5 Å². The highest BCUT2D eigenvalue weighted by Crippen LogP contribution is 2.25. The van der Waals surface area contributed by atoms with Crippen LogP contribution in [0.3, 0.4) is 0 Å². The summed E-state index contributed by atoms with van der Waals surface area (Å²) in [6.45, 7) is 5.19. The van der Waals surface area contributed by atoms with Crippen molar-refractivity contribution in [3.05, 3.63) is 64.4 Å². The molecule has 20 heavy (non-hydrogen) atoms. The lowest BCUT2D eigenvalue weighted by atomic mass is 10.0. The van der Waals surface area contributed by atoms with Gasteiger partial charge in [-0.1, -0.05) is 42.8 Å². The summed E-state index contributed by atoms with van der Waals surface area (Å²) in [5.74, 6) is 0. The first-order chi connectivity index (χ1) is 9.70. The maximum absolute atomic E-state index is 6.33. The van der Waals surface area contributed by atoms with Gasteiger partial charge in [0.2, 0.25) is 0 Å². The van der Waals surface area contributed by atoms with Gasteiger partial charge in [-0.3, -0.25) is 4.98 Å². The molecule has 0 aliphatic heterocycles. The first kappa shape index (κ1) is 15.0. The molecule has 1 aromatic heterocycles. The van der Waals surface area contributed by atoms with Gasteiger partial charge in [-0.25, -0.2) is 0 Å². The number of nitrogens with one attached hydrogen (secondary N) is 1. The molecule has 0 aliphatic carbocycles. The average Bonchev–Trinajstić information content (AvgIpc) is 2.46. The van der Waals surface area contributed by atoms with Gasteiger partial charge in [-0.05, 0) is 43.1 Å². The maximum atomic E-state index is 6.33. The van der Waals surface area contributed by atoms with Gasteiger partial charge in [-0.2, -0.15) is 0 Å². The van der Waals surface area contributed by atoms with Gasteiger partial charge >= 0.3 is 0 Å². The van der Waals surface area contributed by atoms with Crippen LogP contribution in [0.2, 0.25) is 5.02 Å². The fourth-order valence-electron chi connectivity index (χ4n) is 2.20. The topological polar surface area (TPSA) is 24.9 Å². The Kier molecular flexibility index (Phi) is 5.57. The normalized spacial score (nSPS) is 12.3. The molecule has 0 spiro atoms. The van der Waals surface area contributed by atoms with Crippen molar-refractivity contribution in [2.75, 3.05) is 6.54 Å². The zero-order valence-electron chi connectivity index (χ0n) is 12.1. The van der Waals surface area contributed by atoms with E-state index in [1.54, 1.807) is 0 Å². The number of aromatic nitrogens is 1. The van der Waals surface area contributed by atoms with Crippen molar-refractivity contribution in [1.82, 2.24) is 10.3 Å². The number of hydrogen-bond acceptors (Lipinski definition) is 2. The van der Waals surface area contributed by atoms with E-state index in [1.807, 2.05) is 24.4 Å². The van der Waals surface area contributed by atoms with Crippen LogP contribution in [0.15, 0.2) is 42.6 Å². The molecular weight excluding hydrogens is 268 g/mol. The van der Waals surface area contributed by atoms with Crippen molar-refractivity contribution >= 4 is 11.6 Å². The summed E-state index contributed by atoms with van der Waals surface area (Å²) in [6.07, 6.45) is 3.87. The Bertz CT molecular complexity index is 537. The minimum atomic E-state index is 0.207. The van der Waals surface area contributed by atoms with Crippen LogP contribution in [0.5, 0.6) is 0 Å². The molecule has 1 N–H and O–H groups in total. The van der Waals surface area contributed by atoms with Crippen molar-refractivity contribution in [3.8, 4) is 0 Å². The minimum absolute atomic E-state index is 0.207. The Morgan fingerprint density at radius 1 is 1.20 bits per heavy atom. The zero-order valence-corrected chi connectivity index (χ0v) is 12.8. The molecule has 2 aromatic rings. The highest BCUT2D eigenvalue weighted by atomic mass is 35.5. The molecule has 0 saturated carbocycles. The number of rotatable bonds is 6. The van der Waals surface area contributed by atoms with Crippen LogP contribution < -0.4 is 5.32 Å². The van der Waals surface area contributed by atoms with Crippen LogP contribution in [0.1, 0.15) is 36.2 Å². The molecule has 0 bridgehead atoms. The van der Waals surface area contributed by atoms with Gasteiger partial charge in [0.1, 0.15) is 0 Å². The predicted molar refractivity (Wildman–Crippen MR) is 85.2 cm³/mol. The van der Waals surface area contributed by atoms with E-state index in [4.69, 9.17) is 11.6 Å². The van der Waals surface area contributed by atoms with E-state index in [0.717, 1.165) is 35.7 Å². The molecule has 0 radical (unpaired) electrons. The molecule has 2 nitrogen and oxygen atoms in total. The van der Waals surface area contributed by atoms with Gasteiger partial charge in [-0.15, -0.1) is 0 Å². The second-order valence-electron chi connectivity index (χ2n) is 5.06. The SMILES string of the molecule is CCCNC(Cc1ccc(C)cn1)c1ccccc1Cl. The average molecular weight is 289 g/mol. The molecule has 0 saturated heterocycles. The minimum Gasteiger partial charge on any atom is -0.310 e. The van der Waals surface area contributed by atoms with Crippen molar-refractivity contribution in [1.29, 1.82) is 0 Å². The molecule has 106 valence electrons. The van der Waals surface area contributed by atoms with Crippen LogP contribution in [-0.2, 0) is 6.42 Å². The molecule has 1 unspecified atom stereocenters. The summed E-state index contributed by atoms with van der Waals surface area (Å²) in [5.41, 5.74) is 3.42. The summed E-state index contributed by atoms with van der Waals surface area (Å²) in [5, 5.41) is 4.38. The standard InChI is InChI=1S/C17H21ClN2/c1-3-10-19-17(15-6-4-5-7-16(15)18)11-14-9-8-13(2)12-20-14/h4-9,12,17,19H,3,10-11H2,1-2H3. The Morgan fingerprint density at radius 2 is 2.00 bits per heavy atom. The third kappa shape index (κ3) is 4.06. The van der Waals surface area contributed by atoms with E-state index in [2.05, 4.69) is 42.3 Å². The fourth-order valence-corrected chi connectivity index (χ4v) is 2.46. The number of halogens is 1. The van der Waals surface area contributed by atoms with E-state index in [1.165, 1.54) is 5.56 Å². The fraction of sp³-hybridized carbons (Fsp3) is 0.353. The van der Waals surface area contributed by atoms with Crippen molar-refractivity contribution in [2.45, 2.75) is 32.7 Å². The van der Waals surface area contributed by atoms with Gasteiger partial charge in [0.15, 0.2) is 0 Å². The van der Waals surface area contributed by atoms with Crippen LogP contribution in [0.4, 0.5) is 0 Å². The highest BCUT2D eigenvalue weighted by Gasteiger charge is 2.14. The Hall–Kier alpha value is -1.38. The summed E-state index contributed by atoms with van der Waals surface area (Å²) in [4.78, 5) is 4.50. The summed E-state index contributed by atoms with van der Waals surface area (Å²) in [6, 6.07) is 12.4. The molecule has 1 atom stereocenters. The quantitative estimate of drug-likeness (QED) is 0.856. The number of pyridine rings is 1. The summed E-state index contributed by atoms with van der Waals surface area (Å²) < 4.78 is 0. The summed E-state index contributed by atoms with van der Waals surface area (Å²) >= 11 is 6.33. The van der Waals surface area contributed by atoms with Gasteiger partial charge in [0.05, 0.1) is 0 Å². The Balaban J connectivity index is 2.19. The smallest absolute Gasteiger partial charge is 0.0453 e. The molecule has 0 fully saturated rings. The molecule has 2 rings (SSSR count). The number of benzene rings is 1. The first-order valence-electron chi connectivity index (χ1n) is 7.10. The molecule has 1 heterocycles. The predicted octanol–water partition coefficient (Wildman–Crippen LogP) is 4.33. The second-order valence-corrected chi connectivity index (χ2v) is 5.47. The van der Waals surface area contributed by atoms with Gasteiger partial charge in [0, 0.05) is 29.4 Å². The highest BCUT2D eigenvalue weighted by molar-refractivity contribution is 6.31. The summed E-state index contributed by atoms with van der Waals surface area (Å²) in [7, 11) is 0. The van der Waals surface area contributed by atoms with Gasteiger partial charge < -0.3 is 5.32 Å². The second kappa shape index (κ2) is 7.41. The molecule has 1 aromatic carbocycles. The third-order valence-corrected chi connectivity index (χ3v) is 3.65. The van der Waals surface area contributed by atoms with Crippen LogP contribution in [0.25, 0.3) is 0 Å². The maximum Gasteiger partial charge on any atom is 0.0453 e. The Labute approximate surface area is 126 Å².